The van der Waals surface area contributed by atoms with E-state index in [1.807, 2.05) is 38.3 Å². The van der Waals surface area contributed by atoms with Crippen molar-refractivity contribution in [2.45, 2.75) is 33.2 Å². The summed E-state index contributed by atoms with van der Waals surface area (Å²) in [7, 11) is 0. The lowest BCUT2D eigenvalue weighted by atomic mass is 9.76. The number of amides is 2. The average Bonchev–Trinajstić information content (AvgIpc) is 3.09. The largest absolute Gasteiger partial charge is 0.481 e. The Hall–Kier alpha value is -1.56. The van der Waals surface area contributed by atoms with Crippen molar-refractivity contribution in [2.24, 2.45) is 11.3 Å². The maximum atomic E-state index is 12.3. The van der Waals surface area contributed by atoms with Gasteiger partial charge in [0.1, 0.15) is 0 Å². The summed E-state index contributed by atoms with van der Waals surface area (Å²) >= 11 is 1.60. The summed E-state index contributed by atoms with van der Waals surface area (Å²) in [5.41, 5.74) is -0.816. The molecule has 0 aromatic carbocycles. The van der Waals surface area contributed by atoms with Gasteiger partial charge in [-0.3, -0.25) is 4.79 Å². The molecule has 2 atom stereocenters. The molecule has 1 aliphatic rings. The highest BCUT2D eigenvalue weighted by Crippen LogP contribution is 2.38. The fourth-order valence-electron chi connectivity index (χ4n) is 2.78. The molecule has 2 unspecified atom stereocenters. The van der Waals surface area contributed by atoms with E-state index in [4.69, 9.17) is 0 Å². The molecule has 1 fully saturated rings. The highest BCUT2D eigenvalue weighted by Gasteiger charge is 2.48. The maximum Gasteiger partial charge on any atom is 0.317 e. The van der Waals surface area contributed by atoms with Gasteiger partial charge in [-0.05, 0) is 30.7 Å². The number of hydrogen-bond donors (Lipinski definition) is 2. The predicted molar refractivity (Wildman–Crippen MR) is 82.4 cm³/mol. The smallest absolute Gasteiger partial charge is 0.317 e. The molecule has 2 heterocycles. The van der Waals surface area contributed by atoms with Crippen LogP contribution in [0.4, 0.5) is 4.79 Å². The predicted octanol–water partition coefficient (Wildman–Crippen LogP) is 2.95. The molecular formula is C15H22N2O3S. The number of likely N-dealkylation sites (tertiary alicyclic amines) is 1. The molecule has 2 N–H and O–H groups in total. The Kier molecular flexibility index (Phi) is 4.56. The number of carboxylic acids is 1. The first-order valence-corrected chi connectivity index (χ1v) is 8.07. The van der Waals surface area contributed by atoms with Gasteiger partial charge in [0.25, 0.3) is 0 Å². The number of nitrogens with one attached hydrogen (secondary N) is 1. The lowest BCUT2D eigenvalue weighted by Gasteiger charge is -2.29. The molecule has 1 aromatic heterocycles. The molecule has 1 saturated heterocycles. The minimum absolute atomic E-state index is 0.00233. The molecule has 0 spiro atoms. The van der Waals surface area contributed by atoms with Gasteiger partial charge in [0.05, 0.1) is 11.5 Å². The van der Waals surface area contributed by atoms with E-state index in [1.165, 1.54) is 0 Å². The molecule has 116 valence electrons. The van der Waals surface area contributed by atoms with E-state index in [0.717, 1.165) is 4.88 Å². The van der Waals surface area contributed by atoms with Crippen LogP contribution in [0.5, 0.6) is 0 Å². The Bertz CT molecular complexity index is 515. The van der Waals surface area contributed by atoms with Crippen LogP contribution in [-0.4, -0.2) is 35.1 Å². The number of hydrogen-bond acceptors (Lipinski definition) is 3. The normalized spacial score (nSPS) is 23.3. The Morgan fingerprint density at radius 3 is 2.62 bits per heavy atom. The van der Waals surface area contributed by atoms with E-state index in [2.05, 4.69) is 5.32 Å². The van der Waals surface area contributed by atoms with E-state index in [0.29, 0.717) is 13.0 Å². The number of carbonyl (C=O) groups is 2. The van der Waals surface area contributed by atoms with Crippen molar-refractivity contribution in [3.05, 3.63) is 22.4 Å². The van der Waals surface area contributed by atoms with Crippen LogP contribution in [-0.2, 0) is 4.79 Å². The first kappa shape index (κ1) is 15.8. The topological polar surface area (TPSA) is 69.6 Å². The second-order valence-electron chi connectivity index (χ2n) is 5.97. The average molecular weight is 310 g/mol. The lowest BCUT2D eigenvalue weighted by Crippen LogP contribution is -2.44. The summed E-state index contributed by atoms with van der Waals surface area (Å²) in [4.78, 5) is 26.6. The summed E-state index contributed by atoms with van der Waals surface area (Å²) in [5, 5.41) is 14.4. The van der Waals surface area contributed by atoms with Crippen LogP contribution >= 0.6 is 11.3 Å². The summed E-state index contributed by atoms with van der Waals surface area (Å²) in [6.45, 7) is 6.52. The van der Waals surface area contributed by atoms with Gasteiger partial charge < -0.3 is 15.3 Å². The molecule has 0 bridgehead atoms. The van der Waals surface area contributed by atoms with Crippen molar-refractivity contribution in [1.29, 1.82) is 0 Å². The van der Waals surface area contributed by atoms with Gasteiger partial charge in [0, 0.05) is 18.0 Å². The third-order valence-corrected chi connectivity index (χ3v) is 5.48. The number of urea groups is 1. The monoisotopic (exact) mass is 310 g/mol. The molecule has 0 aliphatic carbocycles. The van der Waals surface area contributed by atoms with E-state index in [9.17, 15) is 14.7 Å². The molecule has 1 aliphatic heterocycles. The lowest BCUT2D eigenvalue weighted by molar-refractivity contribution is -0.150. The standard InChI is InChI=1S/C15H22N2O3S/c1-10(2)15(13(18)19)6-7-17(9-15)14(20)16-11(3)12-5-4-8-21-12/h4-5,8,10-11H,6-7,9H2,1-3H3,(H,16,20)(H,18,19). The van der Waals surface area contributed by atoms with Gasteiger partial charge in [-0.1, -0.05) is 19.9 Å². The molecule has 0 radical (unpaired) electrons. The van der Waals surface area contributed by atoms with Crippen molar-refractivity contribution < 1.29 is 14.7 Å². The van der Waals surface area contributed by atoms with Crippen LogP contribution in [0, 0.1) is 11.3 Å². The molecule has 1 aromatic rings. The maximum absolute atomic E-state index is 12.3. The highest BCUT2D eigenvalue weighted by atomic mass is 32.1. The van der Waals surface area contributed by atoms with Crippen molar-refractivity contribution in [3.8, 4) is 0 Å². The summed E-state index contributed by atoms with van der Waals surface area (Å²) in [6, 6.07) is 3.69. The quantitative estimate of drug-likeness (QED) is 0.898. The Labute approximate surface area is 129 Å². The van der Waals surface area contributed by atoms with Gasteiger partial charge in [-0.25, -0.2) is 4.79 Å². The van der Waals surface area contributed by atoms with Gasteiger partial charge >= 0.3 is 12.0 Å². The van der Waals surface area contributed by atoms with Crippen LogP contribution < -0.4 is 5.32 Å². The van der Waals surface area contributed by atoms with Crippen molar-refractivity contribution in [1.82, 2.24) is 10.2 Å². The SMILES string of the molecule is CC(NC(=O)N1CCC(C(=O)O)(C(C)C)C1)c1cccs1. The number of carboxylic acid groups (broad SMARTS) is 1. The van der Waals surface area contributed by atoms with E-state index < -0.39 is 11.4 Å². The number of aliphatic carboxylic acids is 1. The first-order chi connectivity index (χ1) is 9.86. The minimum Gasteiger partial charge on any atom is -0.481 e. The zero-order valence-corrected chi connectivity index (χ0v) is 13.4. The molecule has 5 nitrogen and oxygen atoms in total. The van der Waals surface area contributed by atoms with Crippen molar-refractivity contribution in [2.75, 3.05) is 13.1 Å². The van der Waals surface area contributed by atoms with E-state index in [-0.39, 0.29) is 24.5 Å². The van der Waals surface area contributed by atoms with Crippen LogP contribution in [0.1, 0.15) is 38.1 Å². The first-order valence-electron chi connectivity index (χ1n) is 7.19. The van der Waals surface area contributed by atoms with Crippen LogP contribution in [0.15, 0.2) is 17.5 Å². The Balaban J connectivity index is 2.00. The van der Waals surface area contributed by atoms with Gasteiger partial charge in [-0.15, -0.1) is 11.3 Å². The fraction of sp³-hybridized carbons (Fsp3) is 0.600. The highest BCUT2D eigenvalue weighted by molar-refractivity contribution is 7.10. The Morgan fingerprint density at radius 2 is 2.14 bits per heavy atom. The van der Waals surface area contributed by atoms with E-state index in [1.54, 1.807) is 16.2 Å². The molecule has 6 heteroatoms. The molecule has 21 heavy (non-hydrogen) atoms. The van der Waals surface area contributed by atoms with Crippen molar-refractivity contribution >= 4 is 23.3 Å². The van der Waals surface area contributed by atoms with Crippen molar-refractivity contribution in [3.63, 3.8) is 0 Å². The van der Waals surface area contributed by atoms with Crippen LogP contribution in [0.3, 0.4) is 0 Å². The molecule has 2 rings (SSSR count). The fourth-order valence-corrected chi connectivity index (χ4v) is 3.52. The zero-order chi connectivity index (χ0) is 15.6. The van der Waals surface area contributed by atoms with E-state index >= 15 is 0 Å². The Morgan fingerprint density at radius 1 is 1.43 bits per heavy atom. The molecule has 0 saturated carbocycles. The number of rotatable bonds is 4. The zero-order valence-electron chi connectivity index (χ0n) is 12.6. The second-order valence-corrected chi connectivity index (χ2v) is 6.95. The number of thiophene rings is 1. The minimum atomic E-state index is -0.816. The van der Waals surface area contributed by atoms with Crippen LogP contribution in [0.2, 0.25) is 0 Å². The molecule has 2 amide bonds. The number of nitrogens with zero attached hydrogens (tertiary/aromatic N) is 1. The molecular weight excluding hydrogens is 288 g/mol. The summed E-state index contributed by atoms with van der Waals surface area (Å²) < 4.78 is 0. The third kappa shape index (κ3) is 3.05. The van der Waals surface area contributed by atoms with Gasteiger partial charge in [0.15, 0.2) is 0 Å². The van der Waals surface area contributed by atoms with Crippen LogP contribution in [0.25, 0.3) is 0 Å². The van der Waals surface area contributed by atoms with Gasteiger partial charge in [-0.2, -0.15) is 0 Å². The third-order valence-electron chi connectivity index (χ3n) is 4.43. The summed E-state index contributed by atoms with van der Waals surface area (Å²) in [6.07, 6.45) is 0.515. The number of carbonyl (C=O) groups excluding carboxylic acids is 1. The van der Waals surface area contributed by atoms with Gasteiger partial charge in [0.2, 0.25) is 0 Å². The second kappa shape index (κ2) is 6.05. The summed E-state index contributed by atoms with van der Waals surface area (Å²) in [5.74, 6) is -0.804.